The van der Waals surface area contributed by atoms with E-state index in [4.69, 9.17) is 0 Å². The molecule has 2 aliphatic rings. The maximum atomic E-state index is 12.1. The smallest absolute Gasteiger partial charge is 0.236 e. The maximum absolute atomic E-state index is 12.1. The van der Waals surface area contributed by atoms with Crippen molar-refractivity contribution in [2.45, 2.75) is 45.1 Å². The Morgan fingerprint density at radius 2 is 1.79 bits per heavy atom. The zero-order valence-corrected chi connectivity index (χ0v) is 12.5. The van der Waals surface area contributed by atoms with E-state index in [0.29, 0.717) is 12.6 Å². The predicted molar refractivity (Wildman–Crippen MR) is 78.1 cm³/mol. The van der Waals surface area contributed by atoms with Crippen LogP contribution in [-0.4, -0.2) is 61.5 Å². The first kappa shape index (κ1) is 14.8. The minimum atomic E-state index is 0.274. The highest BCUT2D eigenvalue weighted by Crippen LogP contribution is 2.26. The fourth-order valence-electron chi connectivity index (χ4n) is 3.22. The van der Waals surface area contributed by atoms with Crippen molar-refractivity contribution in [1.82, 2.24) is 15.1 Å². The van der Waals surface area contributed by atoms with Crippen LogP contribution < -0.4 is 5.32 Å². The lowest BCUT2D eigenvalue weighted by molar-refractivity contribution is -0.132. The van der Waals surface area contributed by atoms with E-state index in [2.05, 4.69) is 24.2 Å². The van der Waals surface area contributed by atoms with Gasteiger partial charge in [-0.2, -0.15) is 0 Å². The van der Waals surface area contributed by atoms with Gasteiger partial charge in [0.15, 0.2) is 0 Å². The highest BCUT2D eigenvalue weighted by molar-refractivity contribution is 5.78. The molecule has 4 nitrogen and oxygen atoms in total. The first-order valence-corrected chi connectivity index (χ1v) is 7.86. The molecule has 110 valence electrons. The van der Waals surface area contributed by atoms with E-state index in [-0.39, 0.29) is 5.91 Å². The van der Waals surface area contributed by atoms with Crippen LogP contribution in [0.3, 0.4) is 0 Å². The Hall–Kier alpha value is -0.610. The summed E-state index contributed by atoms with van der Waals surface area (Å²) in [5.41, 5.74) is 0. The molecule has 0 aromatic carbocycles. The molecule has 2 fully saturated rings. The van der Waals surface area contributed by atoms with Crippen molar-refractivity contribution in [3.63, 3.8) is 0 Å². The van der Waals surface area contributed by atoms with Crippen molar-refractivity contribution in [1.29, 1.82) is 0 Å². The largest absolute Gasteiger partial charge is 0.339 e. The van der Waals surface area contributed by atoms with Crippen LogP contribution in [0.4, 0.5) is 0 Å². The van der Waals surface area contributed by atoms with Crippen molar-refractivity contribution in [2.24, 2.45) is 5.92 Å². The third-order valence-corrected chi connectivity index (χ3v) is 4.79. The van der Waals surface area contributed by atoms with Gasteiger partial charge in [-0.3, -0.25) is 4.79 Å². The summed E-state index contributed by atoms with van der Waals surface area (Å²) in [4.78, 5) is 16.4. The molecule has 1 saturated heterocycles. The fourth-order valence-corrected chi connectivity index (χ4v) is 3.22. The third kappa shape index (κ3) is 4.46. The van der Waals surface area contributed by atoms with E-state index in [9.17, 15) is 4.79 Å². The van der Waals surface area contributed by atoms with Crippen molar-refractivity contribution < 1.29 is 4.79 Å². The van der Waals surface area contributed by atoms with E-state index in [1.165, 1.54) is 32.1 Å². The lowest BCUT2D eigenvalue weighted by atomic mass is 9.84. The summed E-state index contributed by atoms with van der Waals surface area (Å²) in [5.74, 6) is 1.05. The first-order valence-electron chi connectivity index (χ1n) is 7.86. The van der Waals surface area contributed by atoms with Gasteiger partial charge in [0.25, 0.3) is 0 Å². The van der Waals surface area contributed by atoms with Crippen LogP contribution in [0.15, 0.2) is 0 Å². The topological polar surface area (TPSA) is 35.6 Å². The minimum Gasteiger partial charge on any atom is -0.339 e. The molecular weight excluding hydrogens is 238 g/mol. The van der Waals surface area contributed by atoms with Gasteiger partial charge in [-0.15, -0.1) is 0 Å². The van der Waals surface area contributed by atoms with Gasteiger partial charge in [-0.05, 0) is 32.7 Å². The second-order valence-electron chi connectivity index (χ2n) is 6.25. The van der Waals surface area contributed by atoms with Crippen molar-refractivity contribution >= 4 is 5.91 Å². The van der Waals surface area contributed by atoms with Crippen molar-refractivity contribution in [2.75, 3.05) is 39.8 Å². The Labute approximate surface area is 117 Å². The highest BCUT2D eigenvalue weighted by atomic mass is 16.2. The zero-order chi connectivity index (χ0) is 13.7. The van der Waals surface area contributed by atoms with Gasteiger partial charge in [-0.1, -0.05) is 19.3 Å². The second-order valence-corrected chi connectivity index (χ2v) is 6.25. The Balaban J connectivity index is 1.67. The lowest BCUT2D eigenvalue weighted by Crippen LogP contribution is -2.50. The van der Waals surface area contributed by atoms with E-state index in [0.717, 1.165) is 32.1 Å². The number of carbonyl (C=O) groups excluding carboxylic acids is 1. The van der Waals surface area contributed by atoms with Crippen LogP contribution in [0.5, 0.6) is 0 Å². The van der Waals surface area contributed by atoms with Crippen LogP contribution in [0, 0.1) is 5.92 Å². The van der Waals surface area contributed by atoms with Gasteiger partial charge in [0.2, 0.25) is 5.91 Å². The number of carbonyl (C=O) groups is 1. The summed E-state index contributed by atoms with van der Waals surface area (Å²) in [6.07, 6.45) is 6.78. The molecular formula is C15H29N3O. The summed E-state index contributed by atoms with van der Waals surface area (Å²) in [5, 5.41) is 3.46. The molecule has 0 aromatic heterocycles. The Morgan fingerprint density at radius 3 is 2.42 bits per heavy atom. The van der Waals surface area contributed by atoms with Gasteiger partial charge >= 0.3 is 0 Å². The SMILES string of the molecule is C[C@H](NCC(=O)N1CCN(C)CC1)C1CCCCC1. The molecule has 0 aromatic rings. The number of likely N-dealkylation sites (N-methyl/N-ethyl adjacent to an activating group) is 1. The molecule has 1 amide bonds. The number of nitrogens with one attached hydrogen (secondary N) is 1. The molecule has 4 heteroatoms. The maximum Gasteiger partial charge on any atom is 0.236 e. The monoisotopic (exact) mass is 267 g/mol. The Kier molecular flexibility index (Phi) is 5.64. The fraction of sp³-hybridized carbons (Fsp3) is 0.933. The average molecular weight is 267 g/mol. The van der Waals surface area contributed by atoms with E-state index >= 15 is 0 Å². The molecule has 1 aliphatic heterocycles. The molecule has 0 radical (unpaired) electrons. The highest BCUT2D eigenvalue weighted by Gasteiger charge is 2.22. The molecule has 2 rings (SSSR count). The summed E-state index contributed by atoms with van der Waals surface area (Å²) in [7, 11) is 2.12. The van der Waals surface area contributed by atoms with Crippen molar-refractivity contribution in [3.8, 4) is 0 Å². The molecule has 19 heavy (non-hydrogen) atoms. The van der Waals surface area contributed by atoms with E-state index in [1.807, 2.05) is 4.90 Å². The van der Waals surface area contributed by atoms with E-state index < -0.39 is 0 Å². The van der Waals surface area contributed by atoms with Crippen LogP contribution >= 0.6 is 0 Å². The number of nitrogens with zero attached hydrogens (tertiary/aromatic N) is 2. The molecule has 0 spiro atoms. The quantitative estimate of drug-likeness (QED) is 0.834. The summed E-state index contributed by atoms with van der Waals surface area (Å²) in [6, 6.07) is 0.483. The first-order chi connectivity index (χ1) is 9.16. The third-order valence-electron chi connectivity index (χ3n) is 4.79. The van der Waals surface area contributed by atoms with Gasteiger partial charge in [0.05, 0.1) is 6.54 Å². The molecule has 1 aliphatic carbocycles. The Morgan fingerprint density at radius 1 is 1.16 bits per heavy atom. The van der Waals surface area contributed by atoms with Gasteiger partial charge in [-0.25, -0.2) is 0 Å². The van der Waals surface area contributed by atoms with Crippen molar-refractivity contribution in [3.05, 3.63) is 0 Å². The molecule has 0 bridgehead atoms. The van der Waals surface area contributed by atoms with E-state index in [1.54, 1.807) is 0 Å². The molecule has 1 atom stereocenters. The molecule has 1 N–H and O–H groups in total. The Bertz CT molecular complexity index is 281. The predicted octanol–water partition coefficient (Wildman–Crippen LogP) is 1.32. The number of hydrogen-bond acceptors (Lipinski definition) is 3. The van der Waals surface area contributed by atoms with Crippen LogP contribution in [0.25, 0.3) is 0 Å². The van der Waals surface area contributed by atoms with Gasteiger partial charge in [0.1, 0.15) is 0 Å². The zero-order valence-electron chi connectivity index (χ0n) is 12.5. The minimum absolute atomic E-state index is 0.274. The van der Waals surface area contributed by atoms with Gasteiger partial charge < -0.3 is 15.1 Å². The van der Waals surface area contributed by atoms with Crippen LogP contribution in [-0.2, 0) is 4.79 Å². The number of piperazine rings is 1. The average Bonchev–Trinajstić information content (AvgIpc) is 2.46. The summed E-state index contributed by atoms with van der Waals surface area (Å²) < 4.78 is 0. The molecule has 1 heterocycles. The standard InChI is InChI=1S/C15H29N3O/c1-13(14-6-4-3-5-7-14)16-12-15(19)18-10-8-17(2)9-11-18/h13-14,16H,3-12H2,1-2H3/t13-/m0/s1. The normalized spacial score (nSPS) is 24.4. The number of amides is 1. The number of rotatable bonds is 4. The molecule has 1 saturated carbocycles. The van der Waals surface area contributed by atoms with Crippen LogP contribution in [0.2, 0.25) is 0 Å². The summed E-state index contributed by atoms with van der Waals surface area (Å²) in [6.45, 7) is 6.53. The molecule has 0 unspecified atom stereocenters. The number of hydrogen-bond donors (Lipinski definition) is 1. The lowest BCUT2D eigenvalue weighted by Gasteiger charge is -2.33. The second kappa shape index (κ2) is 7.25. The van der Waals surface area contributed by atoms with Crippen LogP contribution in [0.1, 0.15) is 39.0 Å². The summed E-state index contributed by atoms with van der Waals surface area (Å²) >= 11 is 0. The van der Waals surface area contributed by atoms with Gasteiger partial charge in [0, 0.05) is 32.2 Å².